The van der Waals surface area contributed by atoms with E-state index in [2.05, 4.69) is 10.0 Å². The quantitative estimate of drug-likeness (QED) is 0.223. The van der Waals surface area contributed by atoms with E-state index in [4.69, 9.17) is 15.0 Å². The first-order chi connectivity index (χ1) is 13.2. The van der Waals surface area contributed by atoms with Crippen molar-refractivity contribution in [2.75, 3.05) is 6.54 Å². The Morgan fingerprint density at radius 2 is 1.89 bits per heavy atom. The third-order valence-corrected chi connectivity index (χ3v) is 4.08. The van der Waals surface area contributed by atoms with Crippen LogP contribution in [0, 0.1) is 0 Å². The standard InChI is InChI=1S/C19H24N4O5/c1-19(2,3)28-15(24)10-9-14-17(21-22-20)18(26)23(14)11-16(25)27-12-13-7-5-4-6-8-13/h4-8,14,17H,9-12H2,1-3H3/t14-,17-/m1/s1. The summed E-state index contributed by atoms with van der Waals surface area (Å²) in [6, 6.07) is 7.70. The highest BCUT2D eigenvalue weighted by atomic mass is 16.6. The van der Waals surface area contributed by atoms with Crippen LogP contribution in [-0.4, -0.2) is 47.0 Å². The van der Waals surface area contributed by atoms with Gasteiger partial charge in [0.1, 0.15) is 24.8 Å². The fourth-order valence-corrected chi connectivity index (χ4v) is 2.86. The third kappa shape index (κ3) is 5.99. The molecule has 0 saturated carbocycles. The Morgan fingerprint density at radius 3 is 2.50 bits per heavy atom. The van der Waals surface area contributed by atoms with Gasteiger partial charge in [0.15, 0.2) is 0 Å². The lowest BCUT2D eigenvalue weighted by molar-refractivity contribution is -0.162. The summed E-state index contributed by atoms with van der Waals surface area (Å²) in [5.41, 5.74) is 8.87. The Hall–Kier alpha value is -3.06. The maximum Gasteiger partial charge on any atom is 0.325 e. The van der Waals surface area contributed by atoms with E-state index in [0.29, 0.717) is 0 Å². The SMILES string of the molecule is CC(C)(C)OC(=O)CC[C@@H]1[C@@H](N=[N+]=[N-])C(=O)N1CC(=O)OCc1ccccc1. The van der Waals surface area contributed by atoms with Gasteiger partial charge in [-0.1, -0.05) is 35.4 Å². The second-order valence-electron chi connectivity index (χ2n) is 7.45. The molecule has 0 aromatic heterocycles. The molecule has 0 spiro atoms. The Kier molecular flexibility index (Phi) is 7.00. The summed E-state index contributed by atoms with van der Waals surface area (Å²) < 4.78 is 10.4. The normalized spacial score (nSPS) is 18.7. The van der Waals surface area contributed by atoms with Crippen LogP contribution in [0.25, 0.3) is 10.4 Å². The number of nitrogens with zero attached hydrogens (tertiary/aromatic N) is 4. The number of β-lactam (4-membered cyclic amide) rings is 1. The summed E-state index contributed by atoms with van der Waals surface area (Å²) >= 11 is 0. The van der Waals surface area contributed by atoms with Gasteiger partial charge in [-0.25, -0.2) is 0 Å². The number of ether oxygens (including phenoxy) is 2. The van der Waals surface area contributed by atoms with Crippen molar-refractivity contribution in [2.45, 2.75) is 57.9 Å². The van der Waals surface area contributed by atoms with Crippen LogP contribution in [0.3, 0.4) is 0 Å². The Labute approximate surface area is 163 Å². The van der Waals surface area contributed by atoms with Crippen molar-refractivity contribution in [1.29, 1.82) is 0 Å². The fourth-order valence-electron chi connectivity index (χ4n) is 2.86. The molecule has 1 fully saturated rings. The minimum absolute atomic E-state index is 0.0439. The minimum Gasteiger partial charge on any atom is -0.460 e. The van der Waals surface area contributed by atoms with E-state index < -0.39 is 35.5 Å². The fraction of sp³-hybridized carbons (Fsp3) is 0.526. The number of benzene rings is 1. The molecular weight excluding hydrogens is 364 g/mol. The molecule has 1 amide bonds. The smallest absolute Gasteiger partial charge is 0.325 e. The van der Waals surface area contributed by atoms with Gasteiger partial charge < -0.3 is 14.4 Å². The highest BCUT2D eigenvalue weighted by molar-refractivity contribution is 5.92. The highest BCUT2D eigenvalue weighted by Gasteiger charge is 2.47. The highest BCUT2D eigenvalue weighted by Crippen LogP contribution is 2.27. The maximum absolute atomic E-state index is 12.2. The number of hydrogen-bond acceptors (Lipinski definition) is 6. The first kappa shape index (κ1) is 21.2. The van der Waals surface area contributed by atoms with Gasteiger partial charge in [0, 0.05) is 11.3 Å². The average Bonchev–Trinajstić information content (AvgIpc) is 2.63. The molecule has 1 aliphatic rings. The van der Waals surface area contributed by atoms with E-state index in [1.54, 1.807) is 20.8 Å². The zero-order valence-electron chi connectivity index (χ0n) is 16.2. The molecule has 2 atom stereocenters. The molecule has 9 heteroatoms. The first-order valence-electron chi connectivity index (χ1n) is 8.97. The maximum atomic E-state index is 12.2. The summed E-state index contributed by atoms with van der Waals surface area (Å²) in [5, 5.41) is 3.48. The molecule has 0 N–H and O–H groups in total. The van der Waals surface area contributed by atoms with E-state index in [9.17, 15) is 14.4 Å². The molecule has 0 radical (unpaired) electrons. The van der Waals surface area contributed by atoms with Crippen LogP contribution in [-0.2, 0) is 30.5 Å². The van der Waals surface area contributed by atoms with Gasteiger partial charge in [0.05, 0.1) is 6.04 Å². The molecule has 1 aromatic rings. The minimum atomic E-state index is -0.922. The molecule has 1 saturated heterocycles. The predicted octanol–water partition coefficient (Wildman–Crippen LogP) is 2.74. The van der Waals surface area contributed by atoms with Crippen molar-refractivity contribution < 1.29 is 23.9 Å². The zero-order chi connectivity index (χ0) is 20.7. The monoisotopic (exact) mass is 388 g/mol. The Morgan fingerprint density at radius 1 is 1.21 bits per heavy atom. The van der Waals surface area contributed by atoms with Gasteiger partial charge in [-0.05, 0) is 38.3 Å². The molecule has 2 rings (SSSR count). The summed E-state index contributed by atoms with van der Waals surface area (Å²) in [6.45, 7) is 5.12. The van der Waals surface area contributed by atoms with Crippen LogP contribution < -0.4 is 0 Å². The molecule has 1 aromatic carbocycles. The second-order valence-corrected chi connectivity index (χ2v) is 7.45. The van der Waals surface area contributed by atoms with Gasteiger partial charge >= 0.3 is 11.9 Å². The molecule has 0 aliphatic carbocycles. The molecule has 0 unspecified atom stereocenters. The number of likely N-dealkylation sites (tertiary alicyclic amines) is 1. The summed E-state index contributed by atoms with van der Waals surface area (Å²) in [7, 11) is 0. The third-order valence-electron chi connectivity index (χ3n) is 4.08. The van der Waals surface area contributed by atoms with Crippen molar-refractivity contribution in [3.05, 3.63) is 46.3 Å². The van der Waals surface area contributed by atoms with Crippen molar-refractivity contribution in [2.24, 2.45) is 5.11 Å². The average molecular weight is 388 g/mol. The molecule has 150 valence electrons. The lowest BCUT2D eigenvalue weighted by atomic mass is 9.91. The topological polar surface area (TPSA) is 122 Å². The van der Waals surface area contributed by atoms with Crippen LogP contribution in [0.1, 0.15) is 39.2 Å². The number of esters is 2. The van der Waals surface area contributed by atoms with Crippen molar-refractivity contribution >= 4 is 17.8 Å². The lowest BCUT2D eigenvalue weighted by Crippen LogP contribution is -2.65. The largest absolute Gasteiger partial charge is 0.460 e. The first-order valence-corrected chi connectivity index (χ1v) is 8.97. The van der Waals surface area contributed by atoms with Crippen molar-refractivity contribution in [3.63, 3.8) is 0 Å². The molecule has 1 heterocycles. The molecule has 9 nitrogen and oxygen atoms in total. The molecule has 28 heavy (non-hydrogen) atoms. The van der Waals surface area contributed by atoms with Crippen LogP contribution in [0.15, 0.2) is 35.4 Å². The van der Waals surface area contributed by atoms with E-state index in [1.165, 1.54) is 4.90 Å². The van der Waals surface area contributed by atoms with Crippen LogP contribution in [0.5, 0.6) is 0 Å². The van der Waals surface area contributed by atoms with Crippen molar-refractivity contribution in [1.82, 2.24) is 4.90 Å². The van der Waals surface area contributed by atoms with Gasteiger partial charge in [-0.3, -0.25) is 14.4 Å². The second kappa shape index (κ2) is 9.23. The number of hydrogen-bond donors (Lipinski definition) is 0. The molecule has 0 bridgehead atoms. The van der Waals surface area contributed by atoms with Gasteiger partial charge in [-0.15, -0.1) is 0 Å². The van der Waals surface area contributed by atoms with Crippen molar-refractivity contribution in [3.8, 4) is 0 Å². The van der Waals surface area contributed by atoms with E-state index in [1.807, 2.05) is 30.3 Å². The number of carbonyl (C=O) groups is 3. The van der Waals surface area contributed by atoms with E-state index >= 15 is 0 Å². The lowest BCUT2D eigenvalue weighted by Gasteiger charge is -2.44. The van der Waals surface area contributed by atoms with Crippen LogP contribution in [0.2, 0.25) is 0 Å². The van der Waals surface area contributed by atoms with E-state index in [0.717, 1.165) is 5.56 Å². The summed E-state index contributed by atoms with van der Waals surface area (Å²) in [5.74, 6) is -1.44. The van der Waals surface area contributed by atoms with Crippen LogP contribution >= 0.6 is 0 Å². The summed E-state index contributed by atoms with van der Waals surface area (Å²) in [4.78, 5) is 40.1. The summed E-state index contributed by atoms with van der Waals surface area (Å²) in [6.07, 6.45) is 0.276. The van der Waals surface area contributed by atoms with E-state index in [-0.39, 0.29) is 26.0 Å². The number of rotatable bonds is 8. The molecular formula is C19H24N4O5. The number of amides is 1. The zero-order valence-corrected chi connectivity index (χ0v) is 16.2. The molecule has 1 aliphatic heterocycles. The van der Waals surface area contributed by atoms with Gasteiger partial charge in [-0.2, -0.15) is 0 Å². The van der Waals surface area contributed by atoms with Crippen LogP contribution in [0.4, 0.5) is 0 Å². The Balaban J connectivity index is 1.91. The predicted molar refractivity (Wildman–Crippen MR) is 99.8 cm³/mol. The van der Waals surface area contributed by atoms with Gasteiger partial charge in [0.2, 0.25) is 5.91 Å². The number of carbonyl (C=O) groups excluding carboxylic acids is 3. The Bertz CT molecular complexity index is 768. The number of azide groups is 1. The van der Waals surface area contributed by atoms with Gasteiger partial charge in [0.25, 0.3) is 0 Å².